The monoisotopic (exact) mass is 251 g/mol. The van der Waals surface area contributed by atoms with E-state index < -0.39 is 0 Å². The van der Waals surface area contributed by atoms with Crippen molar-refractivity contribution in [2.75, 3.05) is 7.11 Å². The van der Waals surface area contributed by atoms with Crippen LogP contribution >= 0.6 is 0 Å². The van der Waals surface area contributed by atoms with E-state index in [1.165, 1.54) is 16.5 Å². The molecule has 0 aliphatic carbocycles. The van der Waals surface area contributed by atoms with Crippen molar-refractivity contribution in [1.29, 1.82) is 0 Å². The molecule has 0 fully saturated rings. The van der Waals surface area contributed by atoms with Crippen molar-refractivity contribution in [2.24, 2.45) is 0 Å². The second-order valence-electron chi connectivity index (χ2n) is 4.19. The van der Waals surface area contributed by atoms with Crippen LogP contribution in [0.1, 0.15) is 5.69 Å². The Labute approximate surface area is 113 Å². The predicted molar refractivity (Wildman–Crippen MR) is 80.1 cm³/mol. The highest BCUT2D eigenvalue weighted by atomic mass is 16.2. The van der Waals surface area contributed by atoms with Crippen LogP contribution in [0.5, 0.6) is 0 Å². The maximum Gasteiger partial charge on any atom is 0.0711 e. The van der Waals surface area contributed by atoms with Crippen LogP contribution in [0.25, 0.3) is 22.0 Å². The van der Waals surface area contributed by atoms with Gasteiger partial charge in [-0.05, 0) is 30.2 Å². The fourth-order valence-electron chi connectivity index (χ4n) is 2.16. The van der Waals surface area contributed by atoms with E-state index in [4.69, 9.17) is 5.11 Å². The third-order valence-corrected chi connectivity index (χ3v) is 2.93. The Bertz CT molecular complexity index is 662. The summed E-state index contributed by atoms with van der Waals surface area (Å²) in [6.45, 7) is 2.04. The Morgan fingerprint density at radius 1 is 0.842 bits per heavy atom. The van der Waals surface area contributed by atoms with Gasteiger partial charge in [-0.1, -0.05) is 48.5 Å². The zero-order valence-corrected chi connectivity index (χ0v) is 11.2. The minimum absolute atomic E-state index is 1.00. The van der Waals surface area contributed by atoms with Gasteiger partial charge in [0.15, 0.2) is 0 Å². The van der Waals surface area contributed by atoms with E-state index in [1.807, 2.05) is 19.1 Å². The molecule has 1 aromatic heterocycles. The number of aliphatic hydroxyl groups is 1. The average molecular weight is 251 g/mol. The number of aryl methyl sites for hydroxylation is 1. The summed E-state index contributed by atoms with van der Waals surface area (Å²) in [5.74, 6) is 0. The summed E-state index contributed by atoms with van der Waals surface area (Å²) in [6, 6.07) is 20.9. The summed E-state index contributed by atoms with van der Waals surface area (Å²) in [4.78, 5) is 4.56. The first-order valence-electron chi connectivity index (χ1n) is 6.21. The number of benzene rings is 2. The van der Waals surface area contributed by atoms with E-state index in [0.717, 1.165) is 18.3 Å². The van der Waals surface area contributed by atoms with Crippen LogP contribution in [0.2, 0.25) is 0 Å². The zero-order valence-electron chi connectivity index (χ0n) is 11.2. The molecule has 3 rings (SSSR count). The number of para-hydroxylation sites is 1. The molecular weight excluding hydrogens is 234 g/mol. The molecule has 0 aliphatic rings. The smallest absolute Gasteiger partial charge is 0.0711 e. The number of nitrogens with zero attached hydrogens (tertiary/aromatic N) is 1. The second-order valence-corrected chi connectivity index (χ2v) is 4.19. The minimum atomic E-state index is 1.00. The van der Waals surface area contributed by atoms with Crippen LogP contribution < -0.4 is 0 Å². The van der Waals surface area contributed by atoms with E-state index in [9.17, 15) is 0 Å². The van der Waals surface area contributed by atoms with Crippen molar-refractivity contribution in [2.45, 2.75) is 6.92 Å². The first-order chi connectivity index (χ1) is 9.34. The number of aliphatic hydroxyl groups excluding tert-OH is 1. The third-order valence-electron chi connectivity index (χ3n) is 2.93. The Balaban J connectivity index is 0.000000637. The lowest BCUT2D eigenvalue weighted by atomic mass is 10.0. The normalized spacial score (nSPS) is 9.84. The molecule has 2 aromatic carbocycles. The van der Waals surface area contributed by atoms with Gasteiger partial charge in [-0.25, -0.2) is 0 Å². The Morgan fingerprint density at radius 3 is 2.21 bits per heavy atom. The minimum Gasteiger partial charge on any atom is -0.400 e. The lowest BCUT2D eigenvalue weighted by Crippen LogP contribution is -1.87. The Hall–Kier alpha value is -2.19. The number of hydrogen-bond donors (Lipinski definition) is 1. The molecule has 3 aromatic rings. The van der Waals surface area contributed by atoms with E-state index in [0.29, 0.717) is 0 Å². The van der Waals surface area contributed by atoms with Gasteiger partial charge in [0, 0.05) is 18.2 Å². The highest BCUT2D eigenvalue weighted by Crippen LogP contribution is 2.28. The van der Waals surface area contributed by atoms with E-state index >= 15 is 0 Å². The molecule has 0 saturated heterocycles. The predicted octanol–water partition coefficient (Wildman–Crippen LogP) is 3.82. The average Bonchev–Trinajstić information content (AvgIpc) is 2.49. The zero-order chi connectivity index (χ0) is 13.7. The molecule has 1 N–H and O–H groups in total. The Kier molecular flexibility index (Phi) is 4.26. The van der Waals surface area contributed by atoms with E-state index in [-0.39, 0.29) is 0 Å². The third kappa shape index (κ3) is 2.80. The Morgan fingerprint density at radius 2 is 1.47 bits per heavy atom. The topological polar surface area (TPSA) is 33.1 Å². The fourth-order valence-corrected chi connectivity index (χ4v) is 2.16. The molecule has 19 heavy (non-hydrogen) atoms. The first-order valence-corrected chi connectivity index (χ1v) is 6.21. The highest BCUT2D eigenvalue weighted by molar-refractivity contribution is 5.94. The second kappa shape index (κ2) is 6.12. The van der Waals surface area contributed by atoms with Crippen LogP contribution in [0.4, 0.5) is 0 Å². The molecule has 96 valence electrons. The summed E-state index contributed by atoms with van der Waals surface area (Å²) in [5.41, 5.74) is 4.62. The van der Waals surface area contributed by atoms with Gasteiger partial charge in [0.2, 0.25) is 0 Å². The largest absolute Gasteiger partial charge is 0.400 e. The molecule has 2 heteroatoms. The van der Waals surface area contributed by atoms with Crippen LogP contribution in [-0.2, 0) is 0 Å². The molecule has 1 heterocycles. The standard InChI is InChI=1S/C16H13N.CH4O/c1-12-11-15(13-7-3-2-4-8-13)14-9-5-6-10-16(14)17-12;1-2/h2-11H,1H3;2H,1H3. The number of hydrogen-bond acceptors (Lipinski definition) is 2. The molecule has 0 unspecified atom stereocenters. The number of pyridine rings is 1. The number of fused-ring (bicyclic) bond motifs is 1. The van der Waals surface area contributed by atoms with Gasteiger partial charge >= 0.3 is 0 Å². The van der Waals surface area contributed by atoms with Gasteiger partial charge in [0.25, 0.3) is 0 Å². The first kappa shape index (κ1) is 13.2. The number of aromatic nitrogens is 1. The van der Waals surface area contributed by atoms with Crippen molar-refractivity contribution in [3.63, 3.8) is 0 Å². The van der Waals surface area contributed by atoms with Gasteiger partial charge in [-0.2, -0.15) is 0 Å². The van der Waals surface area contributed by atoms with Gasteiger partial charge in [-0.3, -0.25) is 4.98 Å². The van der Waals surface area contributed by atoms with Crippen LogP contribution in [0, 0.1) is 6.92 Å². The summed E-state index contributed by atoms with van der Waals surface area (Å²) in [5, 5.41) is 8.21. The molecule has 0 radical (unpaired) electrons. The fraction of sp³-hybridized carbons (Fsp3) is 0.118. The van der Waals surface area contributed by atoms with Gasteiger partial charge in [-0.15, -0.1) is 0 Å². The van der Waals surface area contributed by atoms with E-state index in [2.05, 4.69) is 53.5 Å². The molecule has 2 nitrogen and oxygen atoms in total. The van der Waals surface area contributed by atoms with Crippen LogP contribution in [-0.4, -0.2) is 17.2 Å². The van der Waals surface area contributed by atoms with Crippen LogP contribution in [0.3, 0.4) is 0 Å². The SMILES string of the molecule is CO.Cc1cc(-c2ccccc2)c2ccccc2n1. The summed E-state index contributed by atoms with van der Waals surface area (Å²) < 4.78 is 0. The quantitative estimate of drug-likeness (QED) is 0.713. The van der Waals surface area contributed by atoms with Crippen molar-refractivity contribution in [3.8, 4) is 11.1 Å². The molecule has 0 atom stereocenters. The van der Waals surface area contributed by atoms with Gasteiger partial charge < -0.3 is 5.11 Å². The highest BCUT2D eigenvalue weighted by Gasteiger charge is 2.04. The van der Waals surface area contributed by atoms with Crippen molar-refractivity contribution < 1.29 is 5.11 Å². The number of rotatable bonds is 1. The summed E-state index contributed by atoms with van der Waals surface area (Å²) >= 11 is 0. The summed E-state index contributed by atoms with van der Waals surface area (Å²) in [7, 11) is 1.00. The maximum absolute atomic E-state index is 7.00. The molecular formula is C17H17NO. The van der Waals surface area contributed by atoms with Gasteiger partial charge in [0.05, 0.1) is 5.52 Å². The molecule has 0 bridgehead atoms. The van der Waals surface area contributed by atoms with Crippen molar-refractivity contribution in [3.05, 3.63) is 66.4 Å². The molecule has 0 amide bonds. The van der Waals surface area contributed by atoms with E-state index in [1.54, 1.807) is 0 Å². The maximum atomic E-state index is 7.00. The van der Waals surface area contributed by atoms with Crippen LogP contribution in [0.15, 0.2) is 60.7 Å². The summed E-state index contributed by atoms with van der Waals surface area (Å²) in [6.07, 6.45) is 0. The molecule has 0 aliphatic heterocycles. The lowest BCUT2D eigenvalue weighted by molar-refractivity contribution is 0.399. The van der Waals surface area contributed by atoms with Gasteiger partial charge in [0.1, 0.15) is 0 Å². The molecule has 0 spiro atoms. The molecule has 0 saturated carbocycles. The lowest BCUT2D eigenvalue weighted by Gasteiger charge is -2.07. The van der Waals surface area contributed by atoms with Crippen molar-refractivity contribution in [1.82, 2.24) is 4.98 Å². The van der Waals surface area contributed by atoms with Crippen molar-refractivity contribution >= 4 is 10.9 Å².